The molecule has 0 aliphatic carbocycles. The van der Waals surface area contributed by atoms with Crippen LogP contribution in [0.3, 0.4) is 0 Å². The lowest BCUT2D eigenvalue weighted by atomic mass is 9.96. The van der Waals surface area contributed by atoms with Crippen LogP contribution in [0.25, 0.3) is 21.2 Å². The normalized spacial score (nSPS) is 11.1. The van der Waals surface area contributed by atoms with Gasteiger partial charge in [0.25, 0.3) is 0 Å². The summed E-state index contributed by atoms with van der Waals surface area (Å²) in [6.07, 6.45) is 2.01. The van der Waals surface area contributed by atoms with Crippen molar-refractivity contribution in [2.75, 3.05) is 0 Å². The van der Waals surface area contributed by atoms with Crippen molar-refractivity contribution in [2.45, 2.75) is 6.92 Å². The Balaban J connectivity index is 1.81. The van der Waals surface area contributed by atoms with Crippen LogP contribution in [-0.4, -0.2) is 22.0 Å². The number of rotatable bonds is 6. The number of phenolic OH excluding ortho intramolecular Hbond substituents is 1. The van der Waals surface area contributed by atoms with E-state index >= 15 is 0 Å². The smallest absolute Gasteiger partial charge is 0.331 e. The Hall–Kier alpha value is -3.90. The molecule has 0 aliphatic rings. The molecule has 0 saturated carbocycles. The van der Waals surface area contributed by atoms with Gasteiger partial charge in [-0.15, -0.1) is 11.3 Å². The maximum atomic E-state index is 13.4. The molecule has 31 heavy (non-hydrogen) atoms. The van der Waals surface area contributed by atoms with Gasteiger partial charge in [-0.2, -0.15) is 0 Å². The number of fused-ring (bicyclic) bond motifs is 1. The van der Waals surface area contributed by atoms with Gasteiger partial charge in [0.1, 0.15) is 11.5 Å². The molecule has 0 atom stereocenters. The number of benzene rings is 3. The van der Waals surface area contributed by atoms with E-state index in [1.54, 1.807) is 24.3 Å². The maximum Gasteiger partial charge on any atom is 0.331 e. The number of carbonyl (C=O) groups excluding carboxylic acids is 1. The number of carbonyl (C=O) groups is 2. The molecule has 0 amide bonds. The Bertz CT molecular complexity index is 1320. The van der Waals surface area contributed by atoms with E-state index in [0.717, 1.165) is 39.1 Å². The molecule has 2 N–H and O–H groups in total. The van der Waals surface area contributed by atoms with Crippen molar-refractivity contribution >= 4 is 33.2 Å². The Kier molecular flexibility index (Phi) is 5.56. The summed E-state index contributed by atoms with van der Waals surface area (Å²) in [5, 5.41) is 19.5. The zero-order chi connectivity index (χ0) is 22.0. The summed E-state index contributed by atoms with van der Waals surface area (Å²) in [6.45, 7) is 1.91. The Morgan fingerprint density at radius 2 is 1.74 bits per heavy atom. The summed E-state index contributed by atoms with van der Waals surface area (Å²) in [6, 6.07) is 19.6. The summed E-state index contributed by atoms with van der Waals surface area (Å²) < 4.78 is 6.11. The van der Waals surface area contributed by atoms with Crippen molar-refractivity contribution in [3.8, 4) is 22.6 Å². The van der Waals surface area contributed by atoms with E-state index in [2.05, 4.69) is 0 Å². The highest BCUT2D eigenvalue weighted by Gasteiger charge is 2.22. The van der Waals surface area contributed by atoms with Gasteiger partial charge in [-0.25, -0.2) is 4.79 Å². The number of aryl methyl sites for hydroxylation is 1. The molecule has 0 saturated heterocycles. The first-order chi connectivity index (χ1) is 14.9. The highest BCUT2D eigenvalue weighted by atomic mass is 32.1. The van der Waals surface area contributed by atoms with Crippen molar-refractivity contribution in [1.29, 1.82) is 0 Å². The number of hydrogen-bond donors (Lipinski definition) is 2. The highest BCUT2D eigenvalue weighted by molar-refractivity contribution is 7.21. The highest BCUT2D eigenvalue weighted by Crippen LogP contribution is 2.41. The number of phenols is 1. The van der Waals surface area contributed by atoms with Gasteiger partial charge in [0.05, 0.1) is 17.2 Å². The number of ether oxygens (including phenoxy) is 1. The topological polar surface area (TPSA) is 83.8 Å². The summed E-state index contributed by atoms with van der Waals surface area (Å²) >= 11 is 1.35. The molecular weight excluding hydrogens is 412 g/mol. The third-order valence-corrected chi connectivity index (χ3v) is 5.98. The van der Waals surface area contributed by atoms with E-state index in [4.69, 9.17) is 9.84 Å². The summed E-state index contributed by atoms with van der Waals surface area (Å²) in [5.41, 5.74) is 3.15. The van der Waals surface area contributed by atoms with Gasteiger partial charge >= 0.3 is 5.97 Å². The molecule has 0 radical (unpaired) electrons. The second-order valence-corrected chi connectivity index (χ2v) is 7.97. The van der Waals surface area contributed by atoms with Crippen LogP contribution in [0, 0.1) is 6.92 Å². The predicted octanol–water partition coefficient (Wildman–Crippen LogP) is 5.79. The molecule has 0 aliphatic heterocycles. The van der Waals surface area contributed by atoms with Crippen LogP contribution in [0.2, 0.25) is 0 Å². The molecule has 0 fully saturated rings. The van der Waals surface area contributed by atoms with E-state index in [0.29, 0.717) is 16.2 Å². The van der Waals surface area contributed by atoms with Crippen LogP contribution in [0.1, 0.15) is 20.8 Å². The van der Waals surface area contributed by atoms with Gasteiger partial charge in [-0.3, -0.25) is 4.79 Å². The number of aliphatic carboxylic acids is 1. The Morgan fingerprint density at radius 3 is 2.45 bits per heavy atom. The van der Waals surface area contributed by atoms with Crippen molar-refractivity contribution in [3.05, 3.63) is 95.1 Å². The first-order valence-electron chi connectivity index (χ1n) is 9.46. The first kappa shape index (κ1) is 20.4. The molecular formula is C25H18O5S. The van der Waals surface area contributed by atoms with Crippen molar-refractivity contribution in [3.63, 3.8) is 0 Å². The Morgan fingerprint density at radius 1 is 1.00 bits per heavy atom. The molecule has 1 aromatic heterocycles. The third-order valence-electron chi connectivity index (χ3n) is 4.83. The number of ketones is 1. The minimum atomic E-state index is -1.09. The SMILES string of the molecule is Cc1ccccc1C(=O)c1sc2cc(O)ccc2c1-c1ccc(O/C=C/C(=O)O)cc1. The second-order valence-electron chi connectivity index (χ2n) is 6.91. The largest absolute Gasteiger partial charge is 0.508 e. The molecule has 6 heteroatoms. The van der Waals surface area contributed by atoms with Crippen molar-refractivity contribution in [2.24, 2.45) is 0 Å². The maximum absolute atomic E-state index is 13.4. The standard InChI is InChI=1S/C25H18O5S/c1-15-4-2-3-5-19(15)24(29)25-23(20-11-8-17(26)14-21(20)31-25)16-6-9-18(10-7-16)30-13-12-22(27)28/h2-14,26H,1H3,(H,27,28)/b13-12+. The molecule has 154 valence electrons. The number of aromatic hydroxyl groups is 1. The molecule has 0 spiro atoms. The van der Waals surface area contributed by atoms with Crippen LogP contribution in [0.15, 0.2) is 79.1 Å². The lowest BCUT2D eigenvalue weighted by Gasteiger charge is -2.08. The number of thiophene rings is 1. The molecule has 1 heterocycles. The van der Waals surface area contributed by atoms with Crippen molar-refractivity contribution in [1.82, 2.24) is 0 Å². The molecule has 4 rings (SSSR count). The van der Waals surface area contributed by atoms with Gasteiger partial charge in [-0.05, 0) is 48.4 Å². The second kappa shape index (κ2) is 8.45. The molecule has 0 unspecified atom stereocenters. The van der Waals surface area contributed by atoms with Gasteiger partial charge in [0, 0.05) is 21.2 Å². The molecule has 5 nitrogen and oxygen atoms in total. The van der Waals surface area contributed by atoms with E-state index in [-0.39, 0.29) is 11.5 Å². The van der Waals surface area contributed by atoms with Gasteiger partial charge in [-0.1, -0.05) is 36.4 Å². The summed E-state index contributed by atoms with van der Waals surface area (Å²) in [4.78, 5) is 24.6. The Labute approximate surface area is 182 Å². The van der Waals surface area contributed by atoms with Crippen LogP contribution in [-0.2, 0) is 4.79 Å². The minimum Gasteiger partial charge on any atom is -0.508 e. The quantitative estimate of drug-likeness (QED) is 0.230. The van der Waals surface area contributed by atoms with Crippen molar-refractivity contribution < 1.29 is 24.5 Å². The summed E-state index contributed by atoms with van der Waals surface area (Å²) in [7, 11) is 0. The van der Waals surface area contributed by atoms with Crippen LogP contribution >= 0.6 is 11.3 Å². The van der Waals surface area contributed by atoms with E-state index in [9.17, 15) is 14.7 Å². The number of hydrogen-bond acceptors (Lipinski definition) is 5. The van der Waals surface area contributed by atoms with E-state index in [1.807, 2.05) is 49.4 Å². The third kappa shape index (κ3) is 4.20. The molecule has 0 bridgehead atoms. The predicted molar refractivity (Wildman–Crippen MR) is 121 cm³/mol. The molecule has 3 aromatic carbocycles. The van der Waals surface area contributed by atoms with Crippen LogP contribution in [0.4, 0.5) is 0 Å². The lowest BCUT2D eigenvalue weighted by molar-refractivity contribution is -0.131. The molecule has 4 aromatic rings. The summed E-state index contributed by atoms with van der Waals surface area (Å²) in [5.74, 6) is -0.545. The fraction of sp³-hybridized carbons (Fsp3) is 0.0400. The van der Waals surface area contributed by atoms with Gasteiger partial charge in [0.2, 0.25) is 5.78 Å². The minimum absolute atomic E-state index is 0.0708. The zero-order valence-corrected chi connectivity index (χ0v) is 17.3. The van der Waals surface area contributed by atoms with Crippen LogP contribution < -0.4 is 4.74 Å². The lowest BCUT2D eigenvalue weighted by Crippen LogP contribution is -2.02. The van der Waals surface area contributed by atoms with Gasteiger partial charge < -0.3 is 14.9 Å². The number of carboxylic acid groups (broad SMARTS) is 1. The van der Waals surface area contributed by atoms with E-state index < -0.39 is 5.97 Å². The monoisotopic (exact) mass is 430 g/mol. The van der Waals surface area contributed by atoms with Crippen LogP contribution in [0.5, 0.6) is 11.5 Å². The fourth-order valence-electron chi connectivity index (χ4n) is 3.35. The average Bonchev–Trinajstić information content (AvgIpc) is 3.12. The van der Waals surface area contributed by atoms with E-state index in [1.165, 1.54) is 11.3 Å². The number of carboxylic acids is 1. The zero-order valence-electron chi connectivity index (χ0n) is 16.5. The van der Waals surface area contributed by atoms with Gasteiger partial charge in [0.15, 0.2) is 0 Å². The average molecular weight is 430 g/mol. The fourth-order valence-corrected chi connectivity index (χ4v) is 4.56. The first-order valence-corrected chi connectivity index (χ1v) is 10.3.